The molecule has 1 aliphatic carbocycles. The Bertz CT molecular complexity index is 336. The summed E-state index contributed by atoms with van der Waals surface area (Å²) < 4.78 is 4.74. The van der Waals surface area contributed by atoms with E-state index in [1.54, 1.807) is 4.90 Å². The summed E-state index contributed by atoms with van der Waals surface area (Å²) in [7, 11) is 1.38. The third-order valence-electron chi connectivity index (χ3n) is 3.88. The summed E-state index contributed by atoms with van der Waals surface area (Å²) in [6.07, 6.45) is 8.27. The van der Waals surface area contributed by atoms with Gasteiger partial charge in [-0.2, -0.15) is 0 Å². The monoisotopic (exact) mass is 223 g/mol. The van der Waals surface area contributed by atoms with E-state index in [2.05, 4.69) is 5.92 Å². The number of hydrogen-bond acceptors (Lipinski definition) is 3. The number of carbonyl (C=O) groups excluding carboxylic acids is 1. The quantitative estimate of drug-likeness (QED) is 0.623. The second-order valence-electron chi connectivity index (χ2n) is 4.59. The Morgan fingerprint density at radius 1 is 1.62 bits per heavy atom. The van der Waals surface area contributed by atoms with Gasteiger partial charge in [-0.25, -0.2) is 4.79 Å². The number of hydrogen-bond donors (Lipinski definition) is 1. The molecule has 4 heteroatoms. The van der Waals surface area contributed by atoms with Crippen molar-refractivity contribution < 1.29 is 14.6 Å². The molecule has 2 aliphatic rings. The zero-order chi connectivity index (χ0) is 11.8. The van der Waals surface area contributed by atoms with Crippen LogP contribution in [-0.2, 0) is 4.74 Å². The number of amides is 1. The van der Waals surface area contributed by atoms with E-state index in [0.717, 1.165) is 19.3 Å². The molecule has 0 aromatic carbocycles. The molecular formula is C12H17NO3. The van der Waals surface area contributed by atoms with Gasteiger partial charge in [-0.1, -0.05) is 5.92 Å². The average molecular weight is 223 g/mol. The van der Waals surface area contributed by atoms with Gasteiger partial charge in [0.1, 0.15) is 5.60 Å². The van der Waals surface area contributed by atoms with E-state index in [4.69, 9.17) is 11.2 Å². The molecule has 2 rings (SSSR count). The van der Waals surface area contributed by atoms with Crippen LogP contribution in [0.4, 0.5) is 4.79 Å². The van der Waals surface area contributed by atoms with Crippen molar-refractivity contribution in [2.75, 3.05) is 13.7 Å². The predicted molar refractivity (Wildman–Crippen MR) is 58.6 cm³/mol. The average Bonchev–Trinajstić information content (AvgIpc) is 2.73. The van der Waals surface area contributed by atoms with Crippen molar-refractivity contribution in [1.29, 1.82) is 0 Å². The number of aliphatic hydroxyl groups is 1. The Hall–Kier alpha value is -1.21. The van der Waals surface area contributed by atoms with Crippen LogP contribution in [0.25, 0.3) is 0 Å². The third kappa shape index (κ3) is 1.56. The maximum Gasteiger partial charge on any atom is 0.409 e. The van der Waals surface area contributed by atoms with Gasteiger partial charge in [0.05, 0.1) is 7.11 Å². The number of likely N-dealkylation sites (tertiary alicyclic amines) is 1. The molecule has 1 saturated carbocycles. The van der Waals surface area contributed by atoms with Crippen molar-refractivity contribution in [2.45, 2.75) is 37.3 Å². The molecule has 1 saturated heterocycles. The summed E-state index contributed by atoms with van der Waals surface area (Å²) in [6, 6.07) is 0.0437. The molecule has 0 radical (unpaired) electrons. The highest BCUT2D eigenvalue weighted by Gasteiger charge is 2.50. The number of terminal acetylenes is 1. The van der Waals surface area contributed by atoms with Gasteiger partial charge >= 0.3 is 6.09 Å². The fourth-order valence-corrected chi connectivity index (χ4v) is 3.06. The molecule has 0 bridgehead atoms. The molecule has 1 N–H and O–H groups in total. The molecule has 4 nitrogen and oxygen atoms in total. The molecular weight excluding hydrogens is 206 g/mol. The molecule has 3 unspecified atom stereocenters. The summed E-state index contributed by atoms with van der Waals surface area (Å²) in [5.74, 6) is 2.51. The lowest BCUT2D eigenvalue weighted by Crippen LogP contribution is -2.49. The maximum atomic E-state index is 11.5. The van der Waals surface area contributed by atoms with Gasteiger partial charge < -0.3 is 14.7 Å². The van der Waals surface area contributed by atoms with Crippen LogP contribution in [0, 0.1) is 18.3 Å². The normalized spacial score (nSPS) is 37.7. The van der Waals surface area contributed by atoms with Gasteiger partial charge in [0.15, 0.2) is 0 Å². The zero-order valence-electron chi connectivity index (χ0n) is 9.48. The highest BCUT2D eigenvalue weighted by Crippen LogP contribution is 2.42. The lowest BCUT2D eigenvalue weighted by Gasteiger charge is -2.39. The molecule has 1 heterocycles. The van der Waals surface area contributed by atoms with Crippen LogP contribution in [0.3, 0.4) is 0 Å². The number of fused-ring (bicyclic) bond motifs is 1. The van der Waals surface area contributed by atoms with Crippen LogP contribution in [0.5, 0.6) is 0 Å². The summed E-state index contributed by atoms with van der Waals surface area (Å²) in [6.45, 7) is 0.631. The van der Waals surface area contributed by atoms with Crippen molar-refractivity contribution in [2.24, 2.45) is 5.92 Å². The molecule has 0 aromatic rings. The SMILES string of the molecule is C#CC1(O)CCCC2C1CCN2C(=O)OC. The van der Waals surface area contributed by atoms with Gasteiger partial charge in [0.25, 0.3) is 0 Å². The van der Waals surface area contributed by atoms with E-state index in [1.807, 2.05) is 0 Å². The molecule has 0 spiro atoms. The first-order valence-corrected chi connectivity index (χ1v) is 5.67. The number of nitrogens with zero attached hydrogens (tertiary/aromatic N) is 1. The topological polar surface area (TPSA) is 49.8 Å². The molecule has 16 heavy (non-hydrogen) atoms. The molecule has 0 aromatic heterocycles. The van der Waals surface area contributed by atoms with E-state index in [1.165, 1.54) is 7.11 Å². The number of carbonyl (C=O) groups is 1. The fraction of sp³-hybridized carbons (Fsp3) is 0.750. The Morgan fingerprint density at radius 3 is 3.00 bits per heavy atom. The zero-order valence-corrected chi connectivity index (χ0v) is 9.48. The van der Waals surface area contributed by atoms with Crippen LogP contribution in [-0.4, -0.2) is 41.4 Å². The van der Waals surface area contributed by atoms with Crippen molar-refractivity contribution >= 4 is 6.09 Å². The summed E-state index contributed by atoms with van der Waals surface area (Å²) in [4.78, 5) is 13.2. The van der Waals surface area contributed by atoms with E-state index in [9.17, 15) is 9.90 Å². The number of rotatable bonds is 0. The molecule has 2 fully saturated rings. The van der Waals surface area contributed by atoms with Crippen LogP contribution in [0.15, 0.2) is 0 Å². The molecule has 1 aliphatic heterocycles. The minimum absolute atomic E-state index is 0.00495. The molecule has 3 atom stereocenters. The lowest BCUT2D eigenvalue weighted by atomic mass is 9.73. The fourth-order valence-electron chi connectivity index (χ4n) is 3.06. The Morgan fingerprint density at radius 2 is 2.38 bits per heavy atom. The van der Waals surface area contributed by atoms with Gasteiger partial charge in [-0.15, -0.1) is 6.42 Å². The van der Waals surface area contributed by atoms with Crippen LogP contribution >= 0.6 is 0 Å². The van der Waals surface area contributed by atoms with E-state index >= 15 is 0 Å². The highest BCUT2D eigenvalue weighted by molar-refractivity contribution is 5.68. The number of methoxy groups -OCH3 is 1. The first-order chi connectivity index (χ1) is 7.62. The second-order valence-corrected chi connectivity index (χ2v) is 4.59. The van der Waals surface area contributed by atoms with Crippen molar-refractivity contribution in [1.82, 2.24) is 4.90 Å². The Labute approximate surface area is 95.6 Å². The van der Waals surface area contributed by atoms with Gasteiger partial charge in [-0.3, -0.25) is 0 Å². The van der Waals surface area contributed by atoms with Crippen LogP contribution in [0.1, 0.15) is 25.7 Å². The first kappa shape index (κ1) is 11.3. The van der Waals surface area contributed by atoms with Gasteiger partial charge in [0.2, 0.25) is 0 Å². The summed E-state index contributed by atoms with van der Waals surface area (Å²) >= 11 is 0. The van der Waals surface area contributed by atoms with Crippen LogP contribution < -0.4 is 0 Å². The second kappa shape index (κ2) is 3.99. The van der Waals surface area contributed by atoms with Crippen molar-refractivity contribution in [3.8, 4) is 12.3 Å². The lowest BCUT2D eigenvalue weighted by molar-refractivity contribution is -0.0135. The van der Waals surface area contributed by atoms with E-state index in [0.29, 0.717) is 13.0 Å². The molecule has 88 valence electrons. The van der Waals surface area contributed by atoms with E-state index < -0.39 is 5.60 Å². The van der Waals surface area contributed by atoms with Crippen molar-refractivity contribution in [3.63, 3.8) is 0 Å². The standard InChI is InChI=1S/C12H17NO3/c1-3-12(15)7-4-5-10-9(12)6-8-13(10)11(14)16-2/h1,9-10,15H,4-8H2,2H3. The minimum atomic E-state index is -1.04. The summed E-state index contributed by atoms with van der Waals surface area (Å²) in [5, 5.41) is 10.3. The van der Waals surface area contributed by atoms with Gasteiger partial charge in [0, 0.05) is 18.5 Å². The minimum Gasteiger partial charge on any atom is -0.453 e. The van der Waals surface area contributed by atoms with Crippen LogP contribution in [0.2, 0.25) is 0 Å². The molecule has 1 amide bonds. The summed E-state index contributed by atoms with van der Waals surface area (Å²) in [5.41, 5.74) is -1.04. The Kier molecular flexibility index (Phi) is 2.81. The van der Waals surface area contributed by atoms with Crippen molar-refractivity contribution in [3.05, 3.63) is 0 Å². The Balaban J connectivity index is 2.19. The largest absolute Gasteiger partial charge is 0.453 e. The maximum absolute atomic E-state index is 11.5. The third-order valence-corrected chi connectivity index (χ3v) is 3.88. The smallest absolute Gasteiger partial charge is 0.409 e. The predicted octanol–water partition coefficient (Wildman–Crippen LogP) is 0.992. The highest BCUT2D eigenvalue weighted by atomic mass is 16.5. The first-order valence-electron chi connectivity index (χ1n) is 5.67. The van der Waals surface area contributed by atoms with E-state index in [-0.39, 0.29) is 18.1 Å². The van der Waals surface area contributed by atoms with Gasteiger partial charge in [-0.05, 0) is 25.7 Å². The number of ether oxygens (including phenoxy) is 1.